The highest BCUT2D eigenvalue weighted by atomic mass is 28.3. The first-order valence-electron chi connectivity index (χ1n) is 8.43. The summed E-state index contributed by atoms with van der Waals surface area (Å²) < 4.78 is 9.94. The molecule has 0 aliphatic carbocycles. The molecule has 1 aromatic carbocycles. The van der Waals surface area contributed by atoms with Crippen LogP contribution in [-0.2, 0) is 11.3 Å². The predicted octanol–water partition coefficient (Wildman–Crippen LogP) is 2.65. The maximum atomic E-state index is 12.8. The average Bonchev–Trinajstić information content (AvgIpc) is 2.87. The SMILES string of the molecule is COC(=O)N[C@](C)(C#C[Si](C)(C)C)CN1Cc2ccc(OC)cc2C1=O. The van der Waals surface area contributed by atoms with E-state index in [-0.39, 0.29) is 12.5 Å². The van der Waals surface area contributed by atoms with Gasteiger partial charge in [-0.3, -0.25) is 4.79 Å². The van der Waals surface area contributed by atoms with E-state index in [1.54, 1.807) is 18.1 Å². The van der Waals surface area contributed by atoms with E-state index >= 15 is 0 Å². The van der Waals surface area contributed by atoms with E-state index in [9.17, 15) is 9.59 Å². The number of rotatable bonds is 4. The fourth-order valence-corrected chi connectivity index (χ4v) is 3.34. The van der Waals surface area contributed by atoms with Crippen molar-refractivity contribution >= 4 is 20.1 Å². The minimum Gasteiger partial charge on any atom is -0.497 e. The maximum absolute atomic E-state index is 12.8. The number of alkyl carbamates (subject to hydrolysis) is 1. The van der Waals surface area contributed by atoms with Gasteiger partial charge in [0.05, 0.1) is 20.8 Å². The molecule has 0 fully saturated rings. The second kappa shape index (κ2) is 7.42. The third-order valence-corrected chi connectivity index (χ3v) is 4.85. The minimum atomic E-state index is -1.65. The molecule has 7 heteroatoms. The van der Waals surface area contributed by atoms with Crippen LogP contribution in [0, 0.1) is 11.5 Å². The largest absolute Gasteiger partial charge is 0.497 e. The first-order chi connectivity index (χ1) is 12.1. The van der Waals surface area contributed by atoms with Gasteiger partial charge in [0.2, 0.25) is 0 Å². The molecule has 1 aliphatic heterocycles. The Morgan fingerprint density at radius 3 is 2.62 bits per heavy atom. The lowest BCUT2D eigenvalue weighted by molar-refractivity contribution is 0.0743. The van der Waals surface area contributed by atoms with Crippen LogP contribution in [0.3, 0.4) is 0 Å². The Labute approximate surface area is 155 Å². The van der Waals surface area contributed by atoms with Crippen LogP contribution in [0.15, 0.2) is 18.2 Å². The molecule has 0 unspecified atom stereocenters. The fraction of sp³-hybridized carbons (Fsp3) is 0.474. The summed E-state index contributed by atoms with van der Waals surface area (Å²) in [4.78, 5) is 26.3. The molecule has 1 N–H and O–H groups in total. The molecule has 2 amide bonds. The summed E-state index contributed by atoms with van der Waals surface area (Å²) in [6, 6.07) is 5.48. The van der Waals surface area contributed by atoms with E-state index in [1.165, 1.54) is 7.11 Å². The summed E-state index contributed by atoms with van der Waals surface area (Å²) in [5.74, 6) is 3.73. The molecule has 1 aromatic rings. The Bertz CT molecular complexity index is 776. The highest BCUT2D eigenvalue weighted by Gasteiger charge is 2.35. The van der Waals surface area contributed by atoms with Gasteiger partial charge in [-0.1, -0.05) is 31.6 Å². The summed E-state index contributed by atoms with van der Waals surface area (Å²) in [5, 5.41) is 2.78. The van der Waals surface area contributed by atoms with Gasteiger partial charge in [-0.15, -0.1) is 5.54 Å². The number of carbonyl (C=O) groups is 2. The van der Waals surface area contributed by atoms with Crippen molar-refractivity contribution in [1.29, 1.82) is 0 Å². The molecule has 140 valence electrons. The van der Waals surface area contributed by atoms with Crippen molar-refractivity contribution in [2.45, 2.75) is 38.6 Å². The monoisotopic (exact) mass is 374 g/mol. The summed E-state index contributed by atoms with van der Waals surface area (Å²) in [5.41, 5.74) is 3.95. The van der Waals surface area contributed by atoms with Crippen molar-refractivity contribution in [3.05, 3.63) is 29.3 Å². The van der Waals surface area contributed by atoms with Crippen LogP contribution >= 0.6 is 0 Å². The molecule has 0 saturated carbocycles. The van der Waals surface area contributed by atoms with Gasteiger partial charge in [-0.05, 0) is 24.6 Å². The number of amides is 2. The van der Waals surface area contributed by atoms with Crippen molar-refractivity contribution in [1.82, 2.24) is 10.2 Å². The lowest BCUT2D eigenvalue weighted by Crippen LogP contribution is -2.53. The lowest BCUT2D eigenvalue weighted by Gasteiger charge is -2.30. The smallest absolute Gasteiger partial charge is 0.408 e. The van der Waals surface area contributed by atoms with Crippen molar-refractivity contribution in [3.63, 3.8) is 0 Å². The minimum absolute atomic E-state index is 0.0911. The molecule has 6 nitrogen and oxygen atoms in total. The molecular weight excluding hydrogens is 348 g/mol. The normalized spacial score (nSPS) is 15.5. The average molecular weight is 375 g/mol. The van der Waals surface area contributed by atoms with Crippen LogP contribution in [0.2, 0.25) is 19.6 Å². The predicted molar refractivity (Wildman–Crippen MR) is 103 cm³/mol. The molecule has 2 rings (SSSR count). The van der Waals surface area contributed by atoms with E-state index in [0.717, 1.165) is 5.56 Å². The Balaban J connectivity index is 2.27. The van der Waals surface area contributed by atoms with Gasteiger partial charge in [-0.2, -0.15) is 0 Å². The third kappa shape index (κ3) is 4.79. The first kappa shape index (κ1) is 19.9. The molecule has 1 heterocycles. The number of nitrogens with one attached hydrogen (secondary N) is 1. The van der Waals surface area contributed by atoms with Crippen LogP contribution in [0.5, 0.6) is 5.75 Å². The zero-order valence-electron chi connectivity index (χ0n) is 16.2. The van der Waals surface area contributed by atoms with Crippen molar-refractivity contribution in [2.75, 3.05) is 20.8 Å². The second-order valence-corrected chi connectivity index (χ2v) is 12.4. The van der Waals surface area contributed by atoms with Crippen LogP contribution < -0.4 is 10.1 Å². The Kier molecular flexibility index (Phi) is 5.67. The molecule has 1 atom stereocenters. The summed E-state index contributed by atoms with van der Waals surface area (Å²) in [7, 11) is 1.23. The van der Waals surface area contributed by atoms with Gasteiger partial charge in [-0.25, -0.2) is 4.79 Å². The molecule has 0 spiro atoms. The number of methoxy groups -OCH3 is 2. The Hall–Kier alpha value is -2.46. The van der Waals surface area contributed by atoms with Crippen LogP contribution in [0.25, 0.3) is 0 Å². The summed E-state index contributed by atoms with van der Waals surface area (Å²) in [6.45, 7) is 8.94. The van der Waals surface area contributed by atoms with Crippen LogP contribution in [-0.4, -0.2) is 51.3 Å². The van der Waals surface area contributed by atoms with E-state index in [2.05, 4.69) is 36.4 Å². The molecule has 0 aromatic heterocycles. The highest BCUT2D eigenvalue weighted by Crippen LogP contribution is 2.27. The lowest BCUT2D eigenvalue weighted by atomic mass is 10.0. The highest BCUT2D eigenvalue weighted by molar-refractivity contribution is 6.83. The van der Waals surface area contributed by atoms with E-state index < -0.39 is 19.7 Å². The molecule has 0 radical (unpaired) electrons. The van der Waals surface area contributed by atoms with Gasteiger partial charge >= 0.3 is 6.09 Å². The van der Waals surface area contributed by atoms with Crippen molar-refractivity contribution in [2.24, 2.45) is 0 Å². The molecule has 0 bridgehead atoms. The number of benzene rings is 1. The molecular formula is C19H26N2O4Si. The topological polar surface area (TPSA) is 67.9 Å². The van der Waals surface area contributed by atoms with Gasteiger partial charge < -0.3 is 19.7 Å². The Morgan fingerprint density at radius 2 is 2.04 bits per heavy atom. The Morgan fingerprint density at radius 1 is 1.35 bits per heavy atom. The number of nitrogens with zero attached hydrogens (tertiary/aromatic N) is 1. The van der Waals surface area contributed by atoms with E-state index in [1.807, 2.05) is 19.1 Å². The van der Waals surface area contributed by atoms with E-state index in [4.69, 9.17) is 9.47 Å². The van der Waals surface area contributed by atoms with Gasteiger partial charge in [0.15, 0.2) is 0 Å². The number of carbonyl (C=O) groups excluding carboxylic acids is 2. The zero-order chi connectivity index (χ0) is 19.5. The van der Waals surface area contributed by atoms with Crippen LogP contribution in [0.4, 0.5) is 4.79 Å². The fourth-order valence-electron chi connectivity index (χ4n) is 2.69. The maximum Gasteiger partial charge on any atom is 0.408 e. The van der Waals surface area contributed by atoms with Crippen molar-refractivity contribution < 1.29 is 19.1 Å². The third-order valence-electron chi connectivity index (χ3n) is 3.98. The summed E-state index contributed by atoms with van der Waals surface area (Å²) in [6.07, 6.45) is -0.566. The molecule has 0 saturated heterocycles. The zero-order valence-corrected chi connectivity index (χ0v) is 17.2. The first-order valence-corrected chi connectivity index (χ1v) is 11.9. The van der Waals surface area contributed by atoms with Gasteiger partial charge in [0.1, 0.15) is 19.4 Å². The number of hydrogen-bond acceptors (Lipinski definition) is 4. The van der Waals surface area contributed by atoms with Crippen molar-refractivity contribution in [3.8, 4) is 17.2 Å². The molecule has 1 aliphatic rings. The standard InChI is InChI=1S/C19H26N2O4Si/c1-19(20-18(23)25-3,9-10-26(4,5)6)13-21-12-14-7-8-15(24-2)11-16(14)17(21)22/h7-8,11H,12-13H2,1-6H3,(H,20,23)/t19-/m1/s1. The van der Waals surface area contributed by atoms with Gasteiger partial charge in [0, 0.05) is 12.1 Å². The number of fused-ring (bicyclic) bond motifs is 1. The number of ether oxygens (including phenoxy) is 2. The second-order valence-electron chi connectivity index (χ2n) is 7.63. The van der Waals surface area contributed by atoms with E-state index in [0.29, 0.717) is 17.9 Å². The molecule has 26 heavy (non-hydrogen) atoms. The quantitative estimate of drug-likeness (QED) is 0.650. The number of hydrogen-bond donors (Lipinski definition) is 1. The summed E-state index contributed by atoms with van der Waals surface area (Å²) >= 11 is 0. The van der Waals surface area contributed by atoms with Crippen LogP contribution in [0.1, 0.15) is 22.8 Å². The van der Waals surface area contributed by atoms with Gasteiger partial charge in [0.25, 0.3) is 5.91 Å².